The van der Waals surface area contributed by atoms with Crippen molar-refractivity contribution in [2.24, 2.45) is 0 Å². The van der Waals surface area contributed by atoms with Crippen molar-refractivity contribution in [1.29, 1.82) is 0 Å². The van der Waals surface area contributed by atoms with Gasteiger partial charge in [0.15, 0.2) is 0 Å². The first kappa shape index (κ1) is 26.1. The Morgan fingerprint density at radius 1 is 0.650 bits per heavy atom. The van der Waals surface area contributed by atoms with Crippen LogP contribution in [0.4, 0.5) is 0 Å². The van der Waals surface area contributed by atoms with Crippen molar-refractivity contribution in [1.82, 2.24) is 0 Å². The van der Waals surface area contributed by atoms with E-state index in [0.717, 1.165) is 5.75 Å². The molecular formula is C38H36OSi. The third-order valence-electron chi connectivity index (χ3n) is 8.38. The van der Waals surface area contributed by atoms with Gasteiger partial charge in [0.1, 0.15) is 12.4 Å². The SMILES string of the molecule is C=CCOc1ccccc1[Si](C)(C)C1c2cc(-c3cccc(C)c3)ccc2-c2ccc(-c3cccc(C)c3)cc21. The lowest BCUT2D eigenvalue weighted by Crippen LogP contribution is -2.48. The molecule has 0 aliphatic heterocycles. The molecule has 1 aliphatic carbocycles. The molecule has 0 atom stereocenters. The summed E-state index contributed by atoms with van der Waals surface area (Å²) in [4.78, 5) is 0. The lowest BCUT2D eigenvalue weighted by Gasteiger charge is -2.33. The van der Waals surface area contributed by atoms with Crippen LogP contribution in [0.1, 0.15) is 27.8 Å². The van der Waals surface area contributed by atoms with Gasteiger partial charge >= 0.3 is 0 Å². The van der Waals surface area contributed by atoms with Gasteiger partial charge in [-0.05, 0) is 69.6 Å². The standard InChI is InChI=1S/C38H36OSi/c1-6-21-39-36-15-7-8-16-37(36)40(4,5)38-34-24-30(28-13-9-11-26(2)22-28)17-19-32(34)33-20-18-31(25-35(33)38)29-14-10-12-27(3)23-29/h6-20,22-25,38H,1,21H2,2-5H3. The molecule has 0 unspecified atom stereocenters. The van der Waals surface area contributed by atoms with Gasteiger partial charge in [-0.3, -0.25) is 0 Å². The van der Waals surface area contributed by atoms with Crippen LogP contribution in [0.3, 0.4) is 0 Å². The molecule has 2 heteroatoms. The van der Waals surface area contributed by atoms with Crippen molar-refractivity contribution in [3.63, 3.8) is 0 Å². The highest BCUT2D eigenvalue weighted by Gasteiger charge is 2.43. The minimum absolute atomic E-state index is 0.292. The monoisotopic (exact) mass is 536 g/mol. The second-order valence-corrected chi connectivity index (χ2v) is 16.2. The highest BCUT2D eigenvalue weighted by molar-refractivity contribution is 6.92. The van der Waals surface area contributed by atoms with Crippen LogP contribution in [-0.4, -0.2) is 14.7 Å². The number of ether oxygens (including phenoxy) is 1. The van der Waals surface area contributed by atoms with Crippen molar-refractivity contribution < 1.29 is 4.74 Å². The molecule has 0 saturated heterocycles. The summed E-state index contributed by atoms with van der Waals surface area (Å²) in [6.07, 6.45) is 1.83. The number of fused-ring (bicyclic) bond motifs is 3. The van der Waals surface area contributed by atoms with E-state index in [-0.39, 0.29) is 0 Å². The maximum atomic E-state index is 6.24. The first-order chi connectivity index (χ1) is 19.4. The second kappa shape index (κ2) is 10.4. The minimum Gasteiger partial charge on any atom is -0.490 e. The molecule has 0 saturated carbocycles. The number of aryl methyl sites for hydroxylation is 2. The summed E-state index contributed by atoms with van der Waals surface area (Å²) in [6.45, 7) is 13.7. The van der Waals surface area contributed by atoms with Crippen molar-refractivity contribution >= 4 is 13.3 Å². The Balaban J connectivity index is 1.56. The average Bonchev–Trinajstić information content (AvgIpc) is 3.30. The Morgan fingerprint density at radius 2 is 1.18 bits per heavy atom. The van der Waals surface area contributed by atoms with Crippen LogP contribution < -0.4 is 9.92 Å². The Labute approximate surface area is 239 Å². The zero-order chi connectivity index (χ0) is 27.9. The van der Waals surface area contributed by atoms with Gasteiger partial charge in [0.2, 0.25) is 0 Å². The van der Waals surface area contributed by atoms with Gasteiger partial charge in [0.05, 0.1) is 8.07 Å². The quantitative estimate of drug-likeness (QED) is 0.149. The van der Waals surface area contributed by atoms with E-state index in [4.69, 9.17) is 4.74 Å². The molecule has 1 aliphatic rings. The number of rotatable bonds is 7. The number of para-hydroxylation sites is 1. The fourth-order valence-electron chi connectivity index (χ4n) is 6.48. The first-order valence-corrected chi connectivity index (χ1v) is 17.2. The van der Waals surface area contributed by atoms with E-state index >= 15 is 0 Å². The molecule has 5 aromatic rings. The van der Waals surface area contributed by atoms with Gasteiger partial charge in [0.25, 0.3) is 0 Å². The average molecular weight is 537 g/mol. The summed E-state index contributed by atoms with van der Waals surface area (Å²) in [5.74, 6) is 0.985. The van der Waals surface area contributed by atoms with Gasteiger partial charge in [0, 0.05) is 5.54 Å². The molecule has 0 aromatic heterocycles. The number of hydrogen-bond donors (Lipinski definition) is 0. The molecule has 0 fully saturated rings. The zero-order valence-electron chi connectivity index (χ0n) is 23.9. The minimum atomic E-state index is -2.17. The smallest absolute Gasteiger partial charge is 0.119 e. The Kier molecular flexibility index (Phi) is 6.81. The van der Waals surface area contributed by atoms with Crippen LogP contribution in [0.25, 0.3) is 33.4 Å². The number of hydrogen-bond acceptors (Lipinski definition) is 1. The highest BCUT2D eigenvalue weighted by atomic mass is 28.3. The van der Waals surface area contributed by atoms with E-state index in [1.54, 1.807) is 0 Å². The summed E-state index contributed by atoms with van der Waals surface area (Å²) in [6, 6.07) is 40.5. The van der Waals surface area contributed by atoms with Crippen LogP contribution in [-0.2, 0) is 0 Å². The maximum absolute atomic E-state index is 6.24. The predicted octanol–water partition coefficient (Wildman–Crippen LogP) is 9.47. The molecule has 0 radical (unpaired) electrons. The highest BCUT2D eigenvalue weighted by Crippen LogP contribution is 2.51. The van der Waals surface area contributed by atoms with Gasteiger partial charge in [-0.15, -0.1) is 0 Å². The summed E-state index contributed by atoms with van der Waals surface area (Å²) < 4.78 is 6.24. The third kappa shape index (κ3) is 4.63. The fraction of sp³-hybridized carbons (Fsp3) is 0.158. The molecule has 0 spiro atoms. The van der Waals surface area contributed by atoms with E-state index in [2.05, 4.69) is 143 Å². The van der Waals surface area contributed by atoms with Crippen LogP contribution in [0.15, 0.2) is 122 Å². The van der Waals surface area contributed by atoms with Crippen molar-refractivity contribution in [3.8, 4) is 39.1 Å². The van der Waals surface area contributed by atoms with Crippen molar-refractivity contribution in [2.45, 2.75) is 32.5 Å². The van der Waals surface area contributed by atoms with E-state index in [1.165, 1.54) is 60.8 Å². The van der Waals surface area contributed by atoms with E-state index in [9.17, 15) is 0 Å². The van der Waals surface area contributed by atoms with Crippen LogP contribution in [0.5, 0.6) is 5.75 Å². The van der Waals surface area contributed by atoms with E-state index < -0.39 is 8.07 Å². The van der Waals surface area contributed by atoms with Gasteiger partial charge in [-0.2, -0.15) is 0 Å². The van der Waals surface area contributed by atoms with Gasteiger partial charge in [-0.1, -0.05) is 140 Å². The van der Waals surface area contributed by atoms with Crippen LogP contribution in [0, 0.1) is 13.8 Å². The fourth-order valence-corrected chi connectivity index (χ4v) is 10.1. The second-order valence-electron chi connectivity index (χ2n) is 11.6. The molecule has 5 aromatic carbocycles. The van der Waals surface area contributed by atoms with Crippen molar-refractivity contribution in [3.05, 3.63) is 144 Å². The lowest BCUT2D eigenvalue weighted by atomic mass is 9.97. The Morgan fingerprint density at radius 3 is 1.70 bits per heavy atom. The van der Waals surface area contributed by atoms with Gasteiger partial charge in [-0.25, -0.2) is 0 Å². The zero-order valence-corrected chi connectivity index (χ0v) is 24.9. The van der Waals surface area contributed by atoms with Crippen LogP contribution in [0.2, 0.25) is 13.1 Å². The molecule has 40 heavy (non-hydrogen) atoms. The molecule has 0 amide bonds. The third-order valence-corrected chi connectivity index (χ3v) is 12.2. The maximum Gasteiger partial charge on any atom is 0.119 e. The largest absolute Gasteiger partial charge is 0.490 e. The normalized spacial score (nSPS) is 12.6. The molecule has 0 heterocycles. The predicted molar refractivity (Wildman–Crippen MR) is 173 cm³/mol. The summed E-state index contributed by atoms with van der Waals surface area (Å²) in [7, 11) is -2.17. The lowest BCUT2D eigenvalue weighted by molar-refractivity contribution is 0.366. The van der Waals surface area contributed by atoms with Crippen LogP contribution >= 0.6 is 0 Å². The molecule has 6 rings (SSSR count). The number of benzene rings is 5. The molecule has 198 valence electrons. The summed E-state index contributed by atoms with van der Waals surface area (Å²) >= 11 is 0. The van der Waals surface area contributed by atoms with E-state index in [0.29, 0.717) is 12.1 Å². The van der Waals surface area contributed by atoms with E-state index in [1.807, 2.05) is 6.08 Å². The Bertz CT molecular complexity index is 1630. The molecule has 0 N–H and O–H groups in total. The summed E-state index contributed by atoms with van der Waals surface area (Å²) in [5, 5.41) is 1.35. The summed E-state index contributed by atoms with van der Waals surface area (Å²) in [5.41, 5.74) is 13.5. The first-order valence-electron chi connectivity index (χ1n) is 14.1. The van der Waals surface area contributed by atoms with Crippen molar-refractivity contribution in [2.75, 3.05) is 6.61 Å². The topological polar surface area (TPSA) is 9.23 Å². The Hall–Kier alpha value is -4.14. The molecule has 0 bridgehead atoms. The molecule has 1 nitrogen and oxygen atoms in total. The molecular weight excluding hydrogens is 501 g/mol. The van der Waals surface area contributed by atoms with Gasteiger partial charge < -0.3 is 4.74 Å².